The molecule has 3 rings (SSSR count). The molecule has 0 radical (unpaired) electrons. The summed E-state index contributed by atoms with van der Waals surface area (Å²) in [6.07, 6.45) is 2.01. The van der Waals surface area contributed by atoms with Crippen LogP contribution in [0.2, 0.25) is 0 Å². The Hall–Kier alpha value is -3.32. The zero-order chi connectivity index (χ0) is 24.7. The molecule has 1 atom stereocenters. The summed E-state index contributed by atoms with van der Waals surface area (Å²) in [5.41, 5.74) is 0.371. The Morgan fingerprint density at radius 1 is 0.882 bits per heavy atom. The van der Waals surface area contributed by atoms with E-state index in [1.165, 1.54) is 48.5 Å². The zero-order valence-electron chi connectivity index (χ0n) is 18.8. The average Bonchev–Trinajstić information content (AvgIpc) is 2.83. The first-order chi connectivity index (χ1) is 16.4. The minimum Gasteiger partial charge on any atom is -0.490 e. The highest BCUT2D eigenvalue weighted by molar-refractivity contribution is 5.66. The molecule has 0 bridgehead atoms. The maximum atomic E-state index is 14.5. The van der Waals surface area contributed by atoms with Crippen molar-refractivity contribution in [3.8, 4) is 22.6 Å². The summed E-state index contributed by atoms with van der Waals surface area (Å²) in [6.45, 7) is 5.33. The van der Waals surface area contributed by atoms with E-state index >= 15 is 0 Å². The van der Waals surface area contributed by atoms with Gasteiger partial charge in [0.05, 0.1) is 12.7 Å². The van der Waals surface area contributed by atoms with Gasteiger partial charge in [0.2, 0.25) is 5.82 Å². The molecule has 3 nitrogen and oxygen atoms in total. The van der Waals surface area contributed by atoms with Gasteiger partial charge in [0.1, 0.15) is 12.4 Å². The normalized spacial score (nSPS) is 11.8. The summed E-state index contributed by atoms with van der Waals surface area (Å²) >= 11 is 0. The van der Waals surface area contributed by atoms with Crippen LogP contribution in [-0.2, 0) is 6.61 Å². The molecule has 7 heteroatoms. The van der Waals surface area contributed by atoms with Crippen molar-refractivity contribution in [3.63, 3.8) is 0 Å². The lowest BCUT2D eigenvalue weighted by Gasteiger charge is -2.14. The van der Waals surface area contributed by atoms with Crippen LogP contribution < -0.4 is 9.47 Å². The summed E-state index contributed by atoms with van der Waals surface area (Å²) < 4.78 is 68.3. The van der Waals surface area contributed by atoms with Gasteiger partial charge in [-0.05, 0) is 42.7 Å². The van der Waals surface area contributed by atoms with Crippen molar-refractivity contribution in [2.24, 2.45) is 0 Å². The van der Waals surface area contributed by atoms with Gasteiger partial charge < -0.3 is 14.6 Å². The Balaban J connectivity index is 1.69. The predicted octanol–water partition coefficient (Wildman–Crippen LogP) is 7.28. The van der Waals surface area contributed by atoms with Crippen molar-refractivity contribution in [1.29, 1.82) is 0 Å². The first kappa shape index (κ1) is 25.3. The second-order valence-electron chi connectivity index (χ2n) is 7.72. The lowest BCUT2D eigenvalue weighted by atomic mass is 10.0. The third-order valence-corrected chi connectivity index (χ3v) is 5.30. The fourth-order valence-electron chi connectivity index (χ4n) is 3.41. The van der Waals surface area contributed by atoms with Gasteiger partial charge in [0, 0.05) is 16.7 Å². The van der Waals surface area contributed by atoms with Crippen molar-refractivity contribution >= 4 is 0 Å². The lowest BCUT2D eigenvalue weighted by molar-refractivity contribution is 0.160. The zero-order valence-corrected chi connectivity index (χ0v) is 18.8. The summed E-state index contributed by atoms with van der Waals surface area (Å²) in [5, 5.41) is 9.95. The second kappa shape index (κ2) is 11.7. The molecule has 0 fully saturated rings. The van der Waals surface area contributed by atoms with E-state index in [0.29, 0.717) is 30.6 Å². The Bertz CT molecular complexity index is 1130. The van der Waals surface area contributed by atoms with Gasteiger partial charge in [0.15, 0.2) is 23.2 Å². The summed E-state index contributed by atoms with van der Waals surface area (Å²) in [7, 11) is 0. The van der Waals surface area contributed by atoms with E-state index in [1.54, 1.807) is 6.08 Å². The molecule has 0 aliphatic carbocycles. The average molecular weight is 474 g/mol. The molecule has 34 heavy (non-hydrogen) atoms. The highest BCUT2D eigenvalue weighted by Gasteiger charge is 2.19. The second-order valence-corrected chi connectivity index (χ2v) is 7.72. The molecule has 0 aromatic heterocycles. The molecule has 0 aliphatic heterocycles. The van der Waals surface area contributed by atoms with Crippen LogP contribution in [0.3, 0.4) is 0 Å². The number of ether oxygens (including phenoxy) is 2. The molecule has 0 saturated carbocycles. The number of aliphatic hydroxyl groups is 1. The fraction of sp³-hybridized carbons (Fsp3) is 0.259. The number of aliphatic hydroxyl groups excluding tert-OH is 1. The smallest absolute Gasteiger partial charge is 0.201 e. The van der Waals surface area contributed by atoms with E-state index < -0.39 is 29.4 Å². The van der Waals surface area contributed by atoms with Crippen LogP contribution in [0.1, 0.15) is 43.4 Å². The molecule has 0 heterocycles. The van der Waals surface area contributed by atoms with Crippen LogP contribution in [0.25, 0.3) is 11.1 Å². The molecule has 180 valence electrons. The van der Waals surface area contributed by atoms with Crippen molar-refractivity contribution in [3.05, 3.63) is 95.6 Å². The fourth-order valence-corrected chi connectivity index (χ4v) is 3.41. The topological polar surface area (TPSA) is 38.7 Å². The van der Waals surface area contributed by atoms with E-state index in [0.717, 1.165) is 0 Å². The molecule has 0 aliphatic rings. The monoisotopic (exact) mass is 474 g/mol. The highest BCUT2D eigenvalue weighted by Crippen LogP contribution is 2.31. The molecule has 0 saturated heterocycles. The van der Waals surface area contributed by atoms with Crippen molar-refractivity contribution < 1.29 is 32.1 Å². The number of halogens is 4. The quantitative estimate of drug-likeness (QED) is 0.180. The predicted molar refractivity (Wildman–Crippen MR) is 123 cm³/mol. The van der Waals surface area contributed by atoms with Gasteiger partial charge >= 0.3 is 0 Å². The Labute approximate surface area is 196 Å². The first-order valence-corrected chi connectivity index (χ1v) is 11.0. The van der Waals surface area contributed by atoms with E-state index in [9.17, 15) is 22.7 Å². The summed E-state index contributed by atoms with van der Waals surface area (Å²) in [4.78, 5) is 0. The minimum absolute atomic E-state index is 0.00539. The van der Waals surface area contributed by atoms with Crippen molar-refractivity contribution in [2.45, 2.75) is 38.9 Å². The number of hydrogen-bond acceptors (Lipinski definition) is 3. The SMILES string of the molecule is C=CCCOc1ccc(-c2ccc(OCc3ccc(C(O)CCC)c(F)c3F)cc2)c(F)c1F. The molecule has 0 spiro atoms. The van der Waals surface area contributed by atoms with Gasteiger partial charge in [-0.1, -0.05) is 43.7 Å². The van der Waals surface area contributed by atoms with Crippen LogP contribution >= 0.6 is 0 Å². The lowest BCUT2D eigenvalue weighted by Crippen LogP contribution is -2.07. The van der Waals surface area contributed by atoms with Crippen LogP contribution in [0, 0.1) is 23.3 Å². The van der Waals surface area contributed by atoms with E-state index in [-0.39, 0.29) is 35.7 Å². The number of hydrogen-bond donors (Lipinski definition) is 1. The standard InChI is InChI=1S/C27H26F4O3/c1-3-5-15-33-23-14-13-20(25(29)27(23)31)17-7-10-19(11-8-17)34-16-18-9-12-21(22(32)6-4-2)26(30)24(18)28/h3,7-14,22,32H,1,4-6,15-16H2,2H3. The number of rotatable bonds is 11. The number of benzene rings is 3. The molecule has 1 unspecified atom stereocenters. The maximum Gasteiger partial charge on any atom is 0.201 e. The van der Waals surface area contributed by atoms with E-state index in [1.807, 2.05) is 6.92 Å². The Kier molecular flexibility index (Phi) is 8.71. The van der Waals surface area contributed by atoms with Gasteiger partial charge in [-0.3, -0.25) is 0 Å². The van der Waals surface area contributed by atoms with Crippen LogP contribution in [-0.4, -0.2) is 11.7 Å². The van der Waals surface area contributed by atoms with Crippen molar-refractivity contribution in [2.75, 3.05) is 6.61 Å². The third-order valence-electron chi connectivity index (χ3n) is 5.30. The minimum atomic E-state index is -1.09. The molecule has 0 amide bonds. The van der Waals surface area contributed by atoms with Gasteiger partial charge in [-0.2, -0.15) is 4.39 Å². The van der Waals surface area contributed by atoms with Gasteiger partial charge in [-0.25, -0.2) is 13.2 Å². The molecular formula is C27H26F4O3. The van der Waals surface area contributed by atoms with E-state index in [4.69, 9.17) is 9.47 Å². The van der Waals surface area contributed by atoms with Crippen LogP contribution in [0.4, 0.5) is 17.6 Å². The molecule has 1 N–H and O–H groups in total. The molecule has 3 aromatic carbocycles. The highest BCUT2D eigenvalue weighted by atomic mass is 19.2. The van der Waals surface area contributed by atoms with E-state index in [2.05, 4.69) is 6.58 Å². The summed E-state index contributed by atoms with van der Waals surface area (Å²) in [6, 6.07) is 11.6. The maximum absolute atomic E-state index is 14.5. The molecular weight excluding hydrogens is 448 g/mol. The van der Waals surface area contributed by atoms with Crippen LogP contribution in [0.15, 0.2) is 61.2 Å². The molecule has 3 aromatic rings. The van der Waals surface area contributed by atoms with Crippen LogP contribution in [0.5, 0.6) is 11.5 Å². The summed E-state index contributed by atoms with van der Waals surface area (Å²) in [5.74, 6) is -4.11. The van der Waals surface area contributed by atoms with Gasteiger partial charge in [-0.15, -0.1) is 6.58 Å². The van der Waals surface area contributed by atoms with Crippen molar-refractivity contribution in [1.82, 2.24) is 0 Å². The Morgan fingerprint density at radius 2 is 1.62 bits per heavy atom. The largest absolute Gasteiger partial charge is 0.490 e. The first-order valence-electron chi connectivity index (χ1n) is 11.0. The Morgan fingerprint density at radius 3 is 2.29 bits per heavy atom. The van der Waals surface area contributed by atoms with Gasteiger partial charge in [0.25, 0.3) is 0 Å². The third kappa shape index (κ3) is 5.78.